The molecule has 2 aliphatic rings. The molecule has 2 rings (SSSR count). The second-order valence-electron chi connectivity index (χ2n) is 4.92. The Morgan fingerprint density at radius 3 is 2.94 bits per heavy atom. The van der Waals surface area contributed by atoms with Crippen molar-refractivity contribution in [3.05, 3.63) is 11.6 Å². The van der Waals surface area contributed by atoms with E-state index in [1.165, 1.54) is 18.4 Å². The summed E-state index contributed by atoms with van der Waals surface area (Å²) < 4.78 is 6.09. The highest BCUT2D eigenvalue weighted by Crippen LogP contribution is 2.59. The summed E-state index contributed by atoms with van der Waals surface area (Å²) in [6.45, 7) is 5.50. The quantitative estimate of drug-likeness (QED) is 0.755. The number of hydrogen-bond acceptors (Lipinski definition) is 3. The third-order valence-corrected chi connectivity index (χ3v) is 5.83. The molecule has 1 N–H and O–H groups in total. The lowest BCUT2D eigenvalue weighted by atomic mass is 9.67. The smallest absolute Gasteiger partial charge is 0.122 e. The maximum Gasteiger partial charge on any atom is 0.122 e. The molecule has 2 fully saturated rings. The maximum atomic E-state index is 9.35. The fourth-order valence-corrected chi connectivity index (χ4v) is 4.77. The van der Waals surface area contributed by atoms with Gasteiger partial charge in [-0.3, -0.25) is 0 Å². The van der Waals surface area contributed by atoms with Crippen LogP contribution in [0.15, 0.2) is 11.6 Å². The van der Waals surface area contributed by atoms with Crippen molar-refractivity contribution in [2.24, 2.45) is 5.41 Å². The zero-order chi connectivity index (χ0) is 11.6. The van der Waals surface area contributed by atoms with Crippen molar-refractivity contribution in [2.75, 3.05) is 19.0 Å². The maximum absolute atomic E-state index is 9.35. The van der Waals surface area contributed by atoms with E-state index in [-0.39, 0.29) is 17.0 Å². The highest BCUT2D eigenvalue weighted by Gasteiger charge is 2.54. The minimum atomic E-state index is -0.0597. The first-order chi connectivity index (χ1) is 7.68. The van der Waals surface area contributed by atoms with Crippen LogP contribution in [0.5, 0.6) is 0 Å². The summed E-state index contributed by atoms with van der Waals surface area (Å²) in [6, 6.07) is 0. The van der Waals surface area contributed by atoms with E-state index in [9.17, 15) is 5.11 Å². The number of ether oxygens (including phenoxy) is 1. The Bertz CT molecular complexity index is 282. The van der Waals surface area contributed by atoms with Crippen LogP contribution in [0.1, 0.15) is 39.5 Å². The molecule has 1 aliphatic carbocycles. The van der Waals surface area contributed by atoms with Crippen LogP contribution in [0, 0.1) is 5.41 Å². The van der Waals surface area contributed by atoms with Gasteiger partial charge < -0.3 is 9.84 Å². The van der Waals surface area contributed by atoms with Crippen molar-refractivity contribution in [3.63, 3.8) is 0 Å². The van der Waals surface area contributed by atoms with Crippen LogP contribution < -0.4 is 0 Å². The molecule has 16 heavy (non-hydrogen) atoms. The first kappa shape index (κ1) is 12.5. The molecular formula is C13H22O2S. The molecule has 0 aromatic rings. The molecule has 1 saturated heterocycles. The highest BCUT2D eigenvalue weighted by atomic mass is 32.2. The first-order valence-electron chi connectivity index (χ1n) is 6.23. The summed E-state index contributed by atoms with van der Waals surface area (Å²) >= 11 is 1.96. The van der Waals surface area contributed by atoms with E-state index in [1.807, 2.05) is 11.8 Å². The Labute approximate surface area is 102 Å². The fourth-order valence-electron chi connectivity index (χ4n) is 3.26. The lowest BCUT2D eigenvalue weighted by molar-refractivity contribution is -0.0537. The topological polar surface area (TPSA) is 29.5 Å². The number of aliphatic hydroxyl groups is 1. The van der Waals surface area contributed by atoms with Gasteiger partial charge in [-0.25, -0.2) is 0 Å². The zero-order valence-electron chi connectivity index (χ0n) is 10.3. The largest absolute Gasteiger partial charge is 0.396 e. The van der Waals surface area contributed by atoms with Crippen molar-refractivity contribution in [3.8, 4) is 0 Å². The standard InChI is InChI=1S/C13H22O2S/c1-3-11-5-4-6-13(15-9-10-16-13)12(11,2)7-8-14/h3,14H,4-10H2,1-2H3/b11-3-/t12-,13-/m1/s1. The number of rotatable bonds is 2. The molecule has 1 saturated carbocycles. The van der Waals surface area contributed by atoms with Gasteiger partial charge in [0.15, 0.2) is 0 Å². The second-order valence-corrected chi connectivity index (χ2v) is 6.28. The Kier molecular flexibility index (Phi) is 3.67. The summed E-state index contributed by atoms with van der Waals surface area (Å²) in [5.41, 5.74) is 1.50. The average molecular weight is 242 g/mol. The van der Waals surface area contributed by atoms with Gasteiger partial charge in [-0.1, -0.05) is 18.6 Å². The van der Waals surface area contributed by atoms with Crippen molar-refractivity contribution in [1.29, 1.82) is 0 Å². The molecule has 92 valence electrons. The average Bonchev–Trinajstić information content (AvgIpc) is 2.73. The molecule has 1 heterocycles. The Morgan fingerprint density at radius 2 is 2.38 bits per heavy atom. The predicted octanol–water partition coefficient (Wildman–Crippen LogP) is 2.97. The van der Waals surface area contributed by atoms with Gasteiger partial charge in [-0.05, 0) is 32.6 Å². The van der Waals surface area contributed by atoms with E-state index in [1.54, 1.807) is 0 Å². The molecule has 0 amide bonds. The number of thioether (sulfide) groups is 1. The monoisotopic (exact) mass is 242 g/mol. The van der Waals surface area contributed by atoms with Crippen LogP contribution in [0.3, 0.4) is 0 Å². The SMILES string of the molecule is C/C=C1/CCC[C@]2(OCCS2)[C@]1(C)CCO. The van der Waals surface area contributed by atoms with Crippen molar-refractivity contribution >= 4 is 11.8 Å². The normalized spacial score (nSPS) is 42.1. The molecule has 0 unspecified atom stereocenters. The van der Waals surface area contributed by atoms with Crippen LogP contribution in [-0.4, -0.2) is 29.0 Å². The van der Waals surface area contributed by atoms with Gasteiger partial charge in [0.1, 0.15) is 4.93 Å². The zero-order valence-corrected chi connectivity index (χ0v) is 11.1. The molecule has 0 aromatic heterocycles. The summed E-state index contributed by atoms with van der Waals surface area (Å²) in [5.74, 6) is 1.10. The van der Waals surface area contributed by atoms with Gasteiger partial charge in [0.25, 0.3) is 0 Å². The van der Waals surface area contributed by atoms with E-state index < -0.39 is 0 Å². The van der Waals surface area contributed by atoms with Gasteiger partial charge in [-0.2, -0.15) is 0 Å². The van der Waals surface area contributed by atoms with Crippen molar-refractivity contribution in [1.82, 2.24) is 0 Å². The summed E-state index contributed by atoms with van der Waals surface area (Å²) in [5, 5.41) is 9.35. The lowest BCUT2D eigenvalue weighted by Crippen LogP contribution is -2.48. The lowest BCUT2D eigenvalue weighted by Gasteiger charge is -2.50. The Morgan fingerprint density at radius 1 is 1.56 bits per heavy atom. The molecule has 0 aromatic carbocycles. The van der Waals surface area contributed by atoms with E-state index >= 15 is 0 Å². The van der Waals surface area contributed by atoms with Gasteiger partial charge in [0.05, 0.1) is 6.61 Å². The van der Waals surface area contributed by atoms with Crippen LogP contribution in [-0.2, 0) is 4.74 Å². The van der Waals surface area contributed by atoms with Gasteiger partial charge in [0.2, 0.25) is 0 Å². The van der Waals surface area contributed by atoms with E-state index in [0.717, 1.165) is 25.2 Å². The molecule has 0 bridgehead atoms. The molecule has 1 aliphatic heterocycles. The predicted molar refractivity (Wildman–Crippen MR) is 68.6 cm³/mol. The van der Waals surface area contributed by atoms with E-state index in [0.29, 0.717) is 0 Å². The molecule has 3 heteroatoms. The summed E-state index contributed by atoms with van der Waals surface area (Å²) in [7, 11) is 0. The number of aliphatic hydroxyl groups excluding tert-OH is 1. The Balaban J connectivity index is 2.34. The highest BCUT2D eigenvalue weighted by molar-refractivity contribution is 8.00. The third kappa shape index (κ3) is 1.73. The van der Waals surface area contributed by atoms with E-state index in [4.69, 9.17) is 4.74 Å². The molecular weight excluding hydrogens is 220 g/mol. The summed E-state index contributed by atoms with van der Waals surface area (Å²) in [6.07, 6.45) is 6.57. The van der Waals surface area contributed by atoms with Crippen LogP contribution in [0.25, 0.3) is 0 Å². The molecule has 2 atom stereocenters. The Hall–Kier alpha value is 0.01000. The first-order valence-corrected chi connectivity index (χ1v) is 7.21. The van der Waals surface area contributed by atoms with Gasteiger partial charge in [-0.15, -0.1) is 11.8 Å². The number of allylic oxidation sites excluding steroid dienone is 1. The second kappa shape index (κ2) is 4.71. The fraction of sp³-hybridized carbons (Fsp3) is 0.846. The molecule has 2 nitrogen and oxygen atoms in total. The van der Waals surface area contributed by atoms with Crippen LogP contribution >= 0.6 is 11.8 Å². The van der Waals surface area contributed by atoms with E-state index in [2.05, 4.69) is 19.9 Å². The van der Waals surface area contributed by atoms with Crippen molar-refractivity contribution in [2.45, 2.75) is 44.5 Å². The summed E-state index contributed by atoms with van der Waals surface area (Å²) in [4.78, 5) is -0.0597. The number of hydrogen-bond donors (Lipinski definition) is 1. The molecule has 1 spiro atoms. The van der Waals surface area contributed by atoms with Crippen molar-refractivity contribution < 1.29 is 9.84 Å². The van der Waals surface area contributed by atoms with Gasteiger partial charge in [0, 0.05) is 17.8 Å². The third-order valence-electron chi connectivity index (χ3n) is 4.22. The van der Waals surface area contributed by atoms with Crippen LogP contribution in [0.2, 0.25) is 0 Å². The van der Waals surface area contributed by atoms with Crippen LogP contribution in [0.4, 0.5) is 0 Å². The minimum Gasteiger partial charge on any atom is -0.396 e. The molecule has 0 radical (unpaired) electrons. The van der Waals surface area contributed by atoms with Gasteiger partial charge >= 0.3 is 0 Å². The minimum absolute atomic E-state index is 0.0237.